The summed E-state index contributed by atoms with van der Waals surface area (Å²) in [5, 5.41) is 10.3. The molecule has 1 heterocycles. The Morgan fingerprint density at radius 1 is 1.19 bits per heavy atom. The van der Waals surface area contributed by atoms with E-state index in [1.54, 1.807) is 0 Å². The normalized spacial score (nSPS) is 15.5. The Hall–Kier alpha value is -2.24. The number of nitrogens with zero attached hydrogens (tertiary/aromatic N) is 1. The Morgan fingerprint density at radius 2 is 1.81 bits per heavy atom. The smallest absolute Gasteiger partial charge is 0.336 e. The SMILES string of the molecule is Cc1c(F)cc(F)cc1C(C(=O)O)=C1CN(C(C)c2ccc(Cl)cc2)C1. The highest BCUT2D eigenvalue weighted by Gasteiger charge is 2.32. The van der Waals surface area contributed by atoms with Gasteiger partial charge in [-0.25, -0.2) is 13.6 Å². The number of rotatable bonds is 4. The number of carboxylic acid groups (broad SMARTS) is 1. The highest BCUT2D eigenvalue weighted by molar-refractivity contribution is 6.30. The summed E-state index contributed by atoms with van der Waals surface area (Å²) in [4.78, 5) is 13.8. The first kappa shape index (κ1) is 18.5. The molecule has 2 aromatic rings. The van der Waals surface area contributed by atoms with E-state index in [1.807, 2.05) is 31.2 Å². The Kier molecular flexibility index (Phi) is 5.12. The van der Waals surface area contributed by atoms with Crippen molar-refractivity contribution in [2.75, 3.05) is 13.1 Å². The minimum absolute atomic E-state index is 0.0135. The summed E-state index contributed by atoms with van der Waals surface area (Å²) in [6.07, 6.45) is 0. The summed E-state index contributed by atoms with van der Waals surface area (Å²) in [5.74, 6) is -2.70. The lowest BCUT2D eigenvalue weighted by Crippen LogP contribution is -2.43. The van der Waals surface area contributed by atoms with E-state index in [4.69, 9.17) is 11.6 Å². The second-order valence-corrected chi connectivity index (χ2v) is 6.91. The number of likely N-dealkylation sites (tertiary alicyclic amines) is 1. The maximum absolute atomic E-state index is 13.8. The van der Waals surface area contributed by atoms with E-state index in [2.05, 4.69) is 4.90 Å². The van der Waals surface area contributed by atoms with Crippen LogP contribution in [0.4, 0.5) is 8.78 Å². The molecule has 1 fully saturated rings. The molecule has 0 bridgehead atoms. The number of hydrogen-bond acceptors (Lipinski definition) is 2. The number of carboxylic acids is 1. The molecule has 1 unspecified atom stereocenters. The van der Waals surface area contributed by atoms with Crippen LogP contribution in [0.3, 0.4) is 0 Å². The van der Waals surface area contributed by atoms with Crippen LogP contribution < -0.4 is 0 Å². The lowest BCUT2D eigenvalue weighted by molar-refractivity contribution is -0.130. The topological polar surface area (TPSA) is 40.5 Å². The van der Waals surface area contributed by atoms with Gasteiger partial charge in [-0.05, 0) is 54.3 Å². The van der Waals surface area contributed by atoms with Crippen molar-refractivity contribution in [3.8, 4) is 0 Å². The molecule has 1 aliphatic rings. The Labute approximate surface area is 155 Å². The van der Waals surface area contributed by atoms with Gasteiger partial charge in [0, 0.05) is 30.2 Å². The van der Waals surface area contributed by atoms with Crippen molar-refractivity contribution in [2.45, 2.75) is 19.9 Å². The minimum atomic E-state index is -1.17. The van der Waals surface area contributed by atoms with Gasteiger partial charge < -0.3 is 5.11 Å². The molecule has 0 aromatic heterocycles. The van der Waals surface area contributed by atoms with Crippen molar-refractivity contribution >= 4 is 23.1 Å². The molecule has 136 valence electrons. The van der Waals surface area contributed by atoms with Gasteiger partial charge >= 0.3 is 5.97 Å². The summed E-state index contributed by atoms with van der Waals surface area (Å²) < 4.78 is 27.4. The molecule has 3 rings (SSSR count). The quantitative estimate of drug-likeness (QED) is 0.775. The molecule has 0 saturated carbocycles. The van der Waals surface area contributed by atoms with Crippen LogP contribution in [0.5, 0.6) is 0 Å². The number of aliphatic carboxylic acids is 1. The summed E-state index contributed by atoms with van der Waals surface area (Å²) >= 11 is 5.90. The lowest BCUT2D eigenvalue weighted by atomic mass is 9.90. The van der Waals surface area contributed by atoms with E-state index < -0.39 is 17.6 Å². The maximum Gasteiger partial charge on any atom is 0.336 e. The van der Waals surface area contributed by atoms with Crippen molar-refractivity contribution in [2.24, 2.45) is 0 Å². The van der Waals surface area contributed by atoms with Crippen LogP contribution in [-0.4, -0.2) is 29.1 Å². The van der Waals surface area contributed by atoms with Gasteiger partial charge in [-0.15, -0.1) is 0 Å². The predicted molar refractivity (Wildman–Crippen MR) is 97.1 cm³/mol. The molecular formula is C20H18ClF2NO2. The second kappa shape index (κ2) is 7.17. The number of carbonyl (C=O) groups is 1. The van der Waals surface area contributed by atoms with Crippen molar-refractivity contribution < 1.29 is 18.7 Å². The first-order chi connectivity index (χ1) is 12.3. The van der Waals surface area contributed by atoms with E-state index >= 15 is 0 Å². The van der Waals surface area contributed by atoms with E-state index in [0.717, 1.165) is 17.7 Å². The van der Waals surface area contributed by atoms with Crippen molar-refractivity contribution in [3.63, 3.8) is 0 Å². The van der Waals surface area contributed by atoms with Gasteiger partial charge in [0.25, 0.3) is 0 Å². The first-order valence-electron chi connectivity index (χ1n) is 8.18. The van der Waals surface area contributed by atoms with Crippen LogP contribution >= 0.6 is 11.6 Å². The summed E-state index contributed by atoms with van der Waals surface area (Å²) in [6.45, 7) is 4.35. The molecule has 1 aliphatic heterocycles. The van der Waals surface area contributed by atoms with Crippen LogP contribution in [0, 0.1) is 18.6 Å². The third-order valence-electron chi connectivity index (χ3n) is 4.83. The molecule has 0 amide bonds. The largest absolute Gasteiger partial charge is 0.478 e. The van der Waals surface area contributed by atoms with Crippen LogP contribution in [0.1, 0.15) is 29.7 Å². The molecule has 6 heteroatoms. The average molecular weight is 378 g/mol. The minimum Gasteiger partial charge on any atom is -0.478 e. The standard InChI is InChI=1S/C20H18ClF2NO2/c1-11-17(7-16(22)8-18(11)23)19(20(25)26)14-9-24(10-14)12(2)13-3-5-15(21)6-4-13/h3-8,12H,9-10H2,1-2H3,(H,25,26). The monoisotopic (exact) mass is 377 g/mol. The summed E-state index contributed by atoms with van der Waals surface area (Å²) in [6, 6.07) is 9.41. The van der Waals surface area contributed by atoms with E-state index in [0.29, 0.717) is 23.7 Å². The molecule has 2 aromatic carbocycles. The fourth-order valence-corrected chi connectivity index (χ4v) is 3.32. The molecule has 3 nitrogen and oxygen atoms in total. The molecule has 1 atom stereocenters. The molecular weight excluding hydrogens is 360 g/mol. The van der Waals surface area contributed by atoms with Crippen molar-refractivity contribution in [1.82, 2.24) is 4.90 Å². The molecule has 0 aliphatic carbocycles. The Balaban J connectivity index is 1.88. The summed E-state index contributed by atoms with van der Waals surface area (Å²) in [5.41, 5.74) is 1.95. The highest BCUT2D eigenvalue weighted by atomic mass is 35.5. The first-order valence-corrected chi connectivity index (χ1v) is 8.56. The molecule has 0 spiro atoms. The van der Waals surface area contributed by atoms with Crippen LogP contribution in [0.2, 0.25) is 5.02 Å². The van der Waals surface area contributed by atoms with Gasteiger partial charge in [0.15, 0.2) is 0 Å². The molecule has 1 saturated heterocycles. The van der Waals surface area contributed by atoms with Gasteiger partial charge in [0.05, 0.1) is 5.57 Å². The van der Waals surface area contributed by atoms with E-state index in [9.17, 15) is 18.7 Å². The van der Waals surface area contributed by atoms with E-state index in [1.165, 1.54) is 6.92 Å². The number of halogens is 3. The third kappa shape index (κ3) is 3.50. The van der Waals surface area contributed by atoms with Crippen molar-refractivity contribution in [3.05, 3.63) is 75.3 Å². The van der Waals surface area contributed by atoms with Gasteiger partial charge in [-0.1, -0.05) is 23.7 Å². The number of hydrogen-bond donors (Lipinski definition) is 1. The average Bonchev–Trinajstić information content (AvgIpc) is 2.54. The number of benzene rings is 2. The predicted octanol–water partition coefficient (Wildman–Crippen LogP) is 4.84. The zero-order valence-electron chi connectivity index (χ0n) is 14.4. The van der Waals surface area contributed by atoms with E-state index in [-0.39, 0.29) is 22.7 Å². The van der Waals surface area contributed by atoms with Gasteiger partial charge in [0.1, 0.15) is 11.6 Å². The van der Waals surface area contributed by atoms with Crippen molar-refractivity contribution in [1.29, 1.82) is 0 Å². The molecule has 0 radical (unpaired) electrons. The van der Waals surface area contributed by atoms with Gasteiger partial charge in [-0.2, -0.15) is 0 Å². The zero-order chi connectivity index (χ0) is 19.0. The Morgan fingerprint density at radius 3 is 2.38 bits per heavy atom. The zero-order valence-corrected chi connectivity index (χ0v) is 15.1. The van der Waals surface area contributed by atoms with Gasteiger partial charge in [0.2, 0.25) is 0 Å². The van der Waals surface area contributed by atoms with Gasteiger partial charge in [-0.3, -0.25) is 4.90 Å². The lowest BCUT2D eigenvalue weighted by Gasteiger charge is -2.40. The maximum atomic E-state index is 13.8. The Bertz CT molecular complexity index is 885. The van der Waals surface area contributed by atoms with Crippen LogP contribution in [-0.2, 0) is 4.79 Å². The highest BCUT2D eigenvalue weighted by Crippen LogP contribution is 2.34. The fraction of sp³-hybridized carbons (Fsp3) is 0.250. The molecule has 26 heavy (non-hydrogen) atoms. The van der Waals surface area contributed by atoms with Crippen LogP contribution in [0.15, 0.2) is 42.0 Å². The fourth-order valence-electron chi connectivity index (χ4n) is 3.19. The van der Waals surface area contributed by atoms with Crippen LogP contribution in [0.25, 0.3) is 5.57 Å². The third-order valence-corrected chi connectivity index (χ3v) is 5.09. The summed E-state index contributed by atoms with van der Waals surface area (Å²) in [7, 11) is 0. The second-order valence-electron chi connectivity index (χ2n) is 6.48. The molecule has 1 N–H and O–H groups in total.